The quantitative estimate of drug-likeness (QED) is 0.277. The van der Waals surface area contributed by atoms with Crippen molar-refractivity contribution in [1.29, 1.82) is 0 Å². The second kappa shape index (κ2) is 10.9. The molecular weight excluding hydrogens is 479 g/mol. The van der Waals surface area contributed by atoms with Crippen LogP contribution in [0.15, 0.2) is 47.6 Å². The number of aromatic nitrogens is 1. The van der Waals surface area contributed by atoms with Crippen LogP contribution >= 0.6 is 24.0 Å². The zero-order valence-electron chi connectivity index (χ0n) is 14.4. The highest BCUT2D eigenvalue weighted by atomic mass is 127. The Kier molecular flexibility index (Phi) is 9.26. The number of hydrogen-bond acceptors (Lipinski definition) is 3. The monoisotopic (exact) mass is 498 g/mol. The van der Waals surface area contributed by atoms with Crippen LogP contribution in [0.5, 0.6) is 5.88 Å². The summed E-state index contributed by atoms with van der Waals surface area (Å²) >= 11 is 0. The number of halogens is 5. The highest BCUT2D eigenvalue weighted by Crippen LogP contribution is 2.17. The van der Waals surface area contributed by atoms with Gasteiger partial charge in [0, 0.05) is 32.4 Å². The first-order chi connectivity index (χ1) is 12.4. The largest absolute Gasteiger partial charge is 0.468 e. The maximum absolute atomic E-state index is 12.9. The molecule has 5 nitrogen and oxygen atoms in total. The molecule has 0 aliphatic carbocycles. The molecule has 1 heterocycles. The van der Waals surface area contributed by atoms with Crippen LogP contribution in [0.2, 0.25) is 0 Å². The fourth-order valence-corrected chi connectivity index (χ4v) is 1.99. The fraction of sp³-hybridized carbons (Fsp3) is 0.294. The van der Waals surface area contributed by atoms with Gasteiger partial charge in [-0.1, -0.05) is 12.1 Å². The Bertz CT molecular complexity index is 738. The van der Waals surface area contributed by atoms with E-state index in [1.54, 1.807) is 25.2 Å². The van der Waals surface area contributed by atoms with Crippen LogP contribution < -0.4 is 15.4 Å². The molecule has 0 unspecified atom stereocenters. The Labute approximate surface area is 171 Å². The standard InChI is InChI=1S/C17H18F4N4O.HI/c1-22-16(24-9-12-2-4-14(18)5-3-12)25-10-13-6-7-23-15(8-13)26-11-17(19,20)21;/h2-8H,9-11H2,1H3,(H2,22,24,25);1H. The molecular formula is C17H19F4IN4O. The molecule has 2 rings (SSSR count). The Morgan fingerprint density at radius 1 is 1.07 bits per heavy atom. The number of nitrogens with zero attached hydrogens (tertiary/aromatic N) is 2. The molecule has 148 valence electrons. The molecule has 0 saturated heterocycles. The van der Waals surface area contributed by atoms with E-state index in [1.165, 1.54) is 24.4 Å². The second-order valence-electron chi connectivity index (χ2n) is 5.31. The van der Waals surface area contributed by atoms with Crippen LogP contribution in [-0.4, -0.2) is 30.8 Å². The van der Waals surface area contributed by atoms with E-state index in [4.69, 9.17) is 0 Å². The van der Waals surface area contributed by atoms with Crippen molar-refractivity contribution in [3.05, 3.63) is 59.5 Å². The predicted octanol–water partition coefficient (Wildman–Crippen LogP) is 3.65. The van der Waals surface area contributed by atoms with E-state index < -0.39 is 12.8 Å². The van der Waals surface area contributed by atoms with Crippen molar-refractivity contribution >= 4 is 29.9 Å². The number of benzene rings is 1. The van der Waals surface area contributed by atoms with Gasteiger partial charge in [-0.05, 0) is 29.3 Å². The molecule has 10 heteroatoms. The SMILES string of the molecule is CN=C(NCc1ccc(F)cc1)NCc1ccnc(OCC(F)(F)F)c1.I. The molecule has 2 N–H and O–H groups in total. The summed E-state index contributed by atoms with van der Waals surface area (Å²) < 4.78 is 54.0. The van der Waals surface area contributed by atoms with E-state index in [-0.39, 0.29) is 35.7 Å². The third-order valence-corrected chi connectivity index (χ3v) is 3.24. The second-order valence-corrected chi connectivity index (χ2v) is 5.31. The number of hydrogen-bond donors (Lipinski definition) is 2. The number of aliphatic imine (C=N–C) groups is 1. The molecule has 0 atom stereocenters. The summed E-state index contributed by atoms with van der Waals surface area (Å²) in [6.07, 6.45) is -3.04. The normalized spacial score (nSPS) is 11.5. The van der Waals surface area contributed by atoms with E-state index in [9.17, 15) is 17.6 Å². The molecule has 2 aromatic rings. The minimum atomic E-state index is -4.41. The van der Waals surface area contributed by atoms with Crippen LogP contribution in [0.4, 0.5) is 17.6 Å². The first kappa shape index (κ1) is 22.9. The van der Waals surface area contributed by atoms with E-state index >= 15 is 0 Å². The van der Waals surface area contributed by atoms with Gasteiger partial charge in [-0.25, -0.2) is 9.37 Å². The van der Waals surface area contributed by atoms with Gasteiger partial charge in [0.2, 0.25) is 5.88 Å². The van der Waals surface area contributed by atoms with Gasteiger partial charge >= 0.3 is 6.18 Å². The van der Waals surface area contributed by atoms with Gasteiger partial charge in [0.1, 0.15) is 5.82 Å². The highest BCUT2D eigenvalue weighted by Gasteiger charge is 2.28. The lowest BCUT2D eigenvalue weighted by molar-refractivity contribution is -0.154. The molecule has 27 heavy (non-hydrogen) atoms. The average Bonchev–Trinajstić information content (AvgIpc) is 2.61. The zero-order valence-corrected chi connectivity index (χ0v) is 16.7. The van der Waals surface area contributed by atoms with Crippen molar-refractivity contribution in [2.24, 2.45) is 4.99 Å². The van der Waals surface area contributed by atoms with Crippen LogP contribution in [0.3, 0.4) is 0 Å². The smallest absolute Gasteiger partial charge is 0.422 e. The first-order valence-corrected chi connectivity index (χ1v) is 7.69. The summed E-state index contributed by atoms with van der Waals surface area (Å²) in [7, 11) is 1.59. The van der Waals surface area contributed by atoms with Crippen molar-refractivity contribution in [3.8, 4) is 5.88 Å². The van der Waals surface area contributed by atoms with Crippen molar-refractivity contribution in [3.63, 3.8) is 0 Å². The van der Waals surface area contributed by atoms with Crippen molar-refractivity contribution in [2.45, 2.75) is 19.3 Å². The molecule has 0 aliphatic heterocycles. The summed E-state index contributed by atoms with van der Waals surface area (Å²) in [4.78, 5) is 7.80. The summed E-state index contributed by atoms with van der Waals surface area (Å²) in [5.41, 5.74) is 1.56. The predicted molar refractivity (Wildman–Crippen MR) is 105 cm³/mol. The van der Waals surface area contributed by atoms with Gasteiger partial charge in [-0.15, -0.1) is 24.0 Å². The molecule has 0 radical (unpaired) electrons. The number of ether oxygens (including phenoxy) is 1. The number of nitrogens with one attached hydrogen (secondary N) is 2. The topological polar surface area (TPSA) is 58.5 Å². The molecule has 0 aliphatic rings. The van der Waals surface area contributed by atoms with E-state index in [0.717, 1.165) is 5.56 Å². The highest BCUT2D eigenvalue weighted by molar-refractivity contribution is 14.0. The van der Waals surface area contributed by atoms with Crippen LogP contribution in [0, 0.1) is 5.82 Å². The Balaban J connectivity index is 0.00000364. The zero-order chi connectivity index (χ0) is 19.0. The fourth-order valence-electron chi connectivity index (χ4n) is 1.99. The number of alkyl halides is 3. The third-order valence-electron chi connectivity index (χ3n) is 3.24. The summed E-state index contributed by atoms with van der Waals surface area (Å²) in [5.74, 6) is 0.0808. The lowest BCUT2D eigenvalue weighted by Crippen LogP contribution is -2.36. The summed E-state index contributed by atoms with van der Waals surface area (Å²) in [5, 5.41) is 6.08. The number of rotatable bonds is 6. The minimum Gasteiger partial charge on any atom is -0.468 e. The first-order valence-electron chi connectivity index (χ1n) is 7.69. The summed E-state index contributed by atoms with van der Waals surface area (Å²) in [6.45, 7) is -0.637. The van der Waals surface area contributed by atoms with Gasteiger partial charge in [-0.3, -0.25) is 4.99 Å². The van der Waals surface area contributed by atoms with Gasteiger partial charge in [-0.2, -0.15) is 13.2 Å². The van der Waals surface area contributed by atoms with Gasteiger partial charge in [0.25, 0.3) is 0 Å². The molecule has 1 aromatic heterocycles. The Hall–Kier alpha value is -2.11. The van der Waals surface area contributed by atoms with Crippen molar-refractivity contribution in [2.75, 3.05) is 13.7 Å². The van der Waals surface area contributed by atoms with Gasteiger partial charge in [0.15, 0.2) is 12.6 Å². The van der Waals surface area contributed by atoms with Crippen molar-refractivity contribution < 1.29 is 22.3 Å². The maximum atomic E-state index is 12.9. The van der Waals surface area contributed by atoms with E-state index in [0.29, 0.717) is 24.6 Å². The Morgan fingerprint density at radius 2 is 1.70 bits per heavy atom. The molecule has 0 spiro atoms. The average molecular weight is 498 g/mol. The molecule has 0 saturated carbocycles. The van der Waals surface area contributed by atoms with Gasteiger partial charge < -0.3 is 15.4 Å². The van der Waals surface area contributed by atoms with Crippen LogP contribution in [-0.2, 0) is 13.1 Å². The minimum absolute atomic E-state index is 0. The molecule has 0 fully saturated rings. The number of guanidine groups is 1. The van der Waals surface area contributed by atoms with E-state index in [1.807, 2.05) is 0 Å². The Morgan fingerprint density at radius 3 is 2.30 bits per heavy atom. The molecule has 1 aromatic carbocycles. The molecule has 0 bridgehead atoms. The maximum Gasteiger partial charge on any atom is 0.422 e. The van der Waals surface area contributed by atoms with Crippen LogP contribution in [0.1, 0.15) is 11.1 Å². The summed E-state index contributed by atoms with van der Waals surface area (Å²) in [6, 6.07) is 9.12. The molecule has 0 amide bonds. The van der Waals surface area contributed by atoms with Crippen LogP contribution in [0.25, 0.3) is 0 Å². The lowest BCUT2D eigenvalue weighted by Gasteiger charge is -2.13. The van der Waals surface area contributed by atoms with Crippen molar-refractivity contribution in [1.82, 2.24) is 15.6 Å². The number of pyridine rings is 1. The van der Waals surface area contributed by atoms with E-state index in [2.05, 4.69) is 25.3 Å². The third kappa shape index (κ3) is 8.89. The van der Waals surface area contributed by atoms with Gasteiger partial charge in [0.05, 0.1) is 0 Å². The lowest BCUT2D eigenvalue weighted by atomic mass is 10.2.